The molecule has 0 saturated heterocycles. The third kappa shape index (κ3) is 3.67. The number of fused-ring (bicyclic) bond motifs is 1. The summed E-state index contributed by atoms with van der Waals surface area (Å²) in [5.74, 6) is -1.26. The molecule has 0 fully saturated rings. The quantitative estimate of drug-likeness (QED) is 0.285. The average molecular weight is 406 g/mol. The van der Waals surface area contributed by atoms with Crippen molar-refractivity contribution in [3.63, 3.8) is 0 Å². The van der Waals surface area contributed by atoms with E-state index in [9.17, 15) is 19.7 Å². The Labute approximate surface area is 173 Å². The van der Waals surface area contributed by atoms with Crippen LogP contribution in [0.15, 0.2) is 60.7 Å². The normalized spacial score (nSPS) is 13.1. The maximum absolute atomic E-state index is 13.5. The van der Waals surface area contributed by atoms with Gasteiger partial charge in [-0.1, -0.05) is 56.3 Å². The topological polar surface area (TPSA) is 113 Å². The first-order valence-corrected chi connectivity index (χ1v) is 9.45. The van der Waals surface area contributed by atoms with E-state index in [0.29, 0.717) is 10.9 Å². The van der Waals surface area contributed by atoms with Gasteiger partial charge in [-0.05, 0) is 22.4 Å². The van der Waals surface area contributed by atoms with Gasteiger partial charge in [0.1, 0.15) is 11.3 Å². The summed E-state index contributed by atoms with van der Waals surface area (Å²) in [5.41, 5.74) is 5.43. The highest BCUT2D eigenvalue weighted by atomic mass is 16.6. The maximum atomic E-state index is 13.5. The Bertz CT molecular complexity index is 1160. The molecule has 0 aliphatic rings. The first-order valence-electron chi connectivity index (χ1n) is 9.45. The summed E-state index contributed by atoms with van der Waals surface area (Å²) in [7, 11) is 0. The molecule has 30 heavy (non-hydrogen) atoms. The molecule has 0 saturated carbocycles. The molecule has 154 valence electrons. The van der Waals surface area contributed by atoms with E-state index in [0.717, 1.165) is 5.39 Å². The molecular weight excluding hydrogens is 384 g/mol. The highest BCUT2D eigenvalue weighted by molar-refractivity contribution is 6.01. The number of benzene rings is 3. The number of nitro groups is 1. The van der Waals surface area contributed by atoms with Crippen molar-refractivity contribution in [2.24, 2.45) is 11.7 Å². The molecule has 0 bridgehead atoms. The monoisotopic (exact) mass is 406 g/mol. The van der Waals surface area contributed by atoms with Crippen LogP contribution >= 0.6 is 0 Å². The van der Waals surface area contributed by atoms with Crippen molar-refractivity contribution in [3.05, 3.63) is 81.9 Å². The number of hydrogen-bond donors (Lipinski definition) is 1. The van der Waals surface area contributed by atoms with Crippen molar-refractivity contribution >= 4 is 28.2 Å². The lowest BCUT2D eigenvalue weighted by Gasteiger charge is -2.33. The standard InChI is InChI=1S/C23H22N2O5/c1-14(2)22(27)23(24,17-8-6-9-18(13-17)25(28)29)21-19-10-5-4-7-16(19)11-12-20(21)30-15(3)26/h4-14H,24H2,1-3H3. The number of hydrogen-bond acceptors (Lipinski definition) is 6. The second kappa shape index (κ2) is 8.04. The number of rotatable bonds is 6. The Kier molecular flexibility index (Phi) is 5.67. The van der Waals surface area contributed by atoms with Gasteiger partial charge in [0.05, 0.1) is 4.92 Å². The summed E-state index contributed by atoms with van der Waals surface area (Å²) in [5, 5.41) is 12.8. The summed E-state index contributed by atoms with van der Waals surface area (Å²) < 4.78 is 5.42. The van der Waals surface area contributed by atoms with Gasteiger partial charge in [-0.15, -0.1) is 0 Å². The van der Waals surface area contributed by atoms with E-state index >= 15 is 0 Å². The Morgan fingerprint density at radius 2 is 1.77 bits per heavy atom. The predicted molar refractivity (Wildman–Crippen MR) is 113 cm³/mol. The smallest absolute Gasteiger partial charge is 0.308 e. The van der Waals surface area contributed by atoms with Gasteiger partial charge in [0, 0.05) is 30.5 Å². The fourth-order valence-corrected chi connectivity index (χ4v) is 3.63. The van der Waals surface area contributed by atoms with Crippen LogP contribution in [0, 0.1) is 16.0 Å². The van der Waals surface area contributed by atoms with Gasteiger partial charge in [-0.2, -0.15) is 0 Å². The molecule has 0 aromatic heterocycles. The summed E-state index contributed by atoms with van der Waals surface area (Å²) in [6.07, 6.45) is 0. The van der Waals surface area contributed by atoms with Crippen molar-refractivity contribution in [1.82, 2.24) is 0 Å². The first-order chi connectivity index (χ1) is 14.2. The molecule has 2 N–H and O–H groups in total. The molecule has 1 atom stereocenters. The van der Waals surface area contributed by atoms with Crippen LogP contribution in [-0.4, -0.2) is 16.7 Å². The number of ether oxygens (including phenoxy) is 1. The first kappa shape index (κ1) is 21.1. The van der Waals surface area contributed by atoms with E-state index in [2.05, 4.69) is 0 Å². The van der Waals surface area contributed by atoms with Crippen molar-refractivity contribution in [3.8, 4) is 5.75 Å². The number of nitrogens with two attached hydrogens (primary N) is 1. The number of non-ortho nitro benzene ring substituents is 1. The maximum Gasteiger partial charge on any atom is 0.308 e. The highest BCUT2D eigenvalue weighted by Gasteiger charge is 2.43. The van der Waals surface area contributed by atoms with Gasteiger partial charge in [-0.25, -0.2) is 0 Å². The van der Waals surface area contributed by atoms with Gasteiger partial charge in [0.2, 0.25) is 0 Å². The number of carbonyl (C=O) groups excluding carboxylic acids is 2. The largest absolute Gasteiger partial charge is 0.426 e. The zero-order valence-corrected chi connectivity index (χ0v) is 16.9. The van der Waals surface area contributed by atoms with Gasteiger partial charge >= 0.3 is 5.97 Å². The van der Waals surface area contributed by atoms with Crippen LogP contribution in [0.25, 0.3) is 10.8 Å². The number of esters is 1. The van der Waals surface area contributed by atoms with E-state index in [1.807, 2.05) is 12.1 Å². The van der Waals surface area contributed by atoms with Crippen LogP contribution < -0.4 is 10.5 Å². The molecule has 0 aliphatic carbocycles. The lowest BCUT2D eigenvalue weighted by atomic mass is 9.74. The van der Waals surface area contributed by atoms with Crippen LogP contribution in [0.4, 0.5) is 5.69 Å². The van der Waals surface area contributed by atoms with Crippen LogP contribution in [0.2, 0.25) is 0 Å². The Morgan fingerprint density at radius 3 is 2.40 bits per heavy atom. The van der Waals surface area contributed by atoms with E-state index in [1.165, 1.54) is 25.1 Å². The number of carbonyl (C=O) groups is 2. The van der Waals surface area contributed by atoms with Crippen LogP contribution in [0.5, 0.6) is 5.75 Å². The second-order valence-electron chi connectivity index (χ2n) is 7.39. The SMILES string of the molecule is CC(=O)Oc1ccc2ccccc2c1C(N)(C(=O)C(C)C)c1cccc([N+](=O)[O-])c1. The molecule has 0 amide bonds. The van der Waals surface area contributed by atoms with Gasteiger partial charge in [0.15, 0.2) is 5.78 Å². The molecule has 3 aromatic rings. The Balaban J connectivity index is 2.45. The molecule has 0 aliphatic heterocycles. The average Bonchev–Trinajstić information content (AvgIpc) is 2.72. The predicted octanol–water partition coefficient (Wildman–Crippen LogP) is 4.10. The highest BCUT2D eigenvalue weighted by Crippen LogP contribution is 2.42. The summed E-state index contributed by atoms with van der Waals surface area (Å²) >= 11 is 0. The Hall–Kier alpha value is -3.58. The summed E-state index contributed by atoms with van der Waals surface area (Å²) in [6, 6.07) is 16.3. The fourth-order valence-electron chi connectivity index (χ4n) is 3.63. The minimum Gasteiger partial charge on any atom is -0.426 e. The number of nitrogens with zero attached hydrogens (tertiary/aromatic N) is 1. The number of nitro benzene ring substituents is 1. The Morgan fingerprint density at radius 1 is 1.07 bits per heavy atom. The summed E-state index contributed by atoms with van der Waals surface area (Å²) in [6.45, 7) is 4.67. The number of ketones is 1. The van der Waals surface area contributed by atoms with E-state index < -0.39 is 22.3 Å². The van der Waals surface area contributed by atoms with Gasteiger partial charge < -0.3 is 10.5 Å². The molecule has 1 unspecified atom stereocenters. The lowest BCUT2D eigenvalue weighted by Crippen LogP contribution is -2.48. The lowest BCUT2D eigenvalue weighted by molar-refractivity contribution is -0.384. The third-order valence-corrected chi connectivity index (χ3v) is 4.96. The van der Waals surface area contributed by atoms with E-state index in [4.69, 9.17) is 10.5 Å². The molecule has 7 heteroatoms. The third-order valence-electron chi connectivity index (χ3n) is 4.96. The number of Topliss-reactive ketones (excluding diaryl/α,β-unsaturated/α-hetero) is 1. The molecule has 3 aromatic carbocycles. The van der Waals surface area contributed by atoms with E-state index in [-0.39, 0.29) is 22.8 Å². The van der Waals surface area contributed by atoms with Crippen molar-refractivity contribution in [2.45, 2.75) is 26.3 Å². The van der Waals surface area contributed by atoms with Gasteiger partial charge in [0.25, 0.3) is 5.69 Å². The van der Waals surface area contributed by atoms with Crippen LogP contribution in [0.3, 0.4) is 0 Å². The minimum absolute atomic E-state index is 0.143. The molecule has 0 radical (unpaired) electrons. The zero-order valence-electron chi connectivity index (χ0n) is 16.9. The zero-order chi connectivity index (χ0) is 22.1. The van der Waals surface area contributed by atoms with E-state index in [1.54, 1.807) is 44.2 Å². The molecule has 0 spiro atoms. The van der Waals surface area contributed by atoms with Gasteiger partial charge in [-0.3, -0.25) is 19.7 Å². The molecule has 7 nitrogen and oxygen atoms in total. The summed E-state index contributed by atoms with van der Waals surface area (Å²) in [4.78, 5) is 36.1. The van der Waals surface area contributed by atoms with Crippen molar-refractivity contribution in [1.29, 1.82) is 0 Å². The molecular formula is C23H22N2O5. The minimum atomic E-state index is -1.77. The van der Waals surface area contributed by atoms with Crippen LogP contribution in [0.1, 0.15) is 31.9 Å². The van der Waals surface area contributed by atoms with Crippen molar-refractivity contribution < 1.29 is 19.2 Å². The molecule has 0 heterocycles. The van der Waals surface area contributed by atoms with Crippen LogP contribution in [-0.2, 0) is 15.1 Å². The fraction of sp³-hybridized carbons (Fsp3) is 0.217. The van der Waals surface area contributed by atoms with Crippen molar-refractivity contribution in [2.75, 3.05) is 0 Å². The molecule has 3 rings (SSSR count). The second-order valence-corrected chi connectivity index (χ2v) is 7.39.